The van der Waals surface area contributed by atoms with E-state index < -0.39 is 6.04 Å². The minimum Gasteiger partial charge on any atom is -0.270 e. The van der Waals surface area contributed by atoms with E-state index in [0.29, 0.717) is 0 Å². The van der Waals surface area contributed by atoms with Crippen LogP contribution in [0.4, 0.5) is 5.69 Å². The largest absolute Gasteiger partial charge is 0.275 e. The Labute approximate surface area is 106 Å². The van der Waals surface area contributed by atoms with Crippen molar-refractivity contribution in [2.45, 2.75) is 25.8 Å². The lowest BCUT2D eigenvalue weighted by Crippen LogP contribution is -2.28. The minimum atomic E-state index is -0.546. The first-order valence-corrected chi connectivity index (χ1v) is 6.03. The van der Waals surface area contributed by atoms with Crippen molar-refractivity contribution in [1.82, 2.24) is 5.01 Å². The highest BCUT2D eigenvalue weighted by Crippen LogP contribution is 2.18. The van der Waals surface area contributed by atoms with Crippen LogP contribution >= 0.6 is 0 Å². The van der Waals surface area contributed by atoms with Crippen molar-refractivity contribution in [2.24, 2.45) is 15.3 Å². The summed E-state index contributed by atoms with van der Waals surface area (Å²) < 4.78 is 0. The van der Waals surface area contributed by atoms with Gasteiger partial charge in [0, 0.05) is 7.05 Å². The molecule has 0 saturated carbocycles. The fraction of sp³-hybridized carbons (Fsp3) is 0.385. The Balaban J connectivity index is 2.15. The third kappa shape index (κ3) is 2.61. The molecule has 1 heterocycles. The minimum absolute atomic E-state index is 0.113. The van der Waals surface area contributed by atoms with Gasteiger partial charge in [-0.25, -0.2) is 5.01 Å². The van der Waals surface area contributed by atoms with Crippen molar-refractivity contribution in [1.29, 1.82) is 0 Å². The Morgan fingerprint density at radius 1 is 1.33 bits per heavy atom. The maximum absolute atomic E-state index is 11.9. The molecule has 0 saturated heterocycles. The molecular formula is C13H16N4O. The first kappa shape index (κ1) is 12.4. The first-order chi connectivity index (χ1) is 8.72. The zero-order valence-electron chi connectivity index (χ0n) is 10.6. The fourth-order valence-corrected chi connectivity index (χ4v) is 1.79. The number of amides is 1. The molecule has 0 spiro atoms. The summed E-state index contributed by atoms with van der Waals surface area (Å²) in [5, 5.41) is 13.8. The zero-order chi connectivity index (χ0) is 13.0. The summed E-state index contributed by atoms with van der Waals surface area (Å²) in [5.41, 5.74) is 1.54. The van der Waals surface area contributed by atoms with Gasteiger partial charge in [-0.3, -0.25) is 4.79 Å². The summed E-state index contributed by atoms with van der Waals surface area (Å²) >= 11 is 0. The van der Waals surface area contributed by atoms with Gasteiger partial charge in [0.05, 0.1) is 11.4 Å². The number of carbonyl (C=O) groups excluding carboxylic acids is 1. The molecule has 18 heavy (non-hydrogen) atoms. The molecule has 1 aromatic rings. The number of benzene rings is 1. The maximum Gasteiger partial charge on any atom is 0.275 e. The number of azo groups is 1. The highest BCUT2D eigenvalue weighted by Gasteiger charge is 2.33. The molecule has 0 radical (unpaired) electrons. The topological polar surface area (TPSA) is 57.4 Å². The van der Waals surface area contributed by atoms with E-state index in [1.165, 1.54) is 5.01 Å². The second kappa shape index (κ2) is 5.53. The molecule has 0 aliphatic carbocycles. The van der Waals surface area contributed by atoms with Crippen LogP contribution < -0.4 is 0 Å². The molecule has 1 aliphatic rings. The Morgan fingerprint density at radius 2 is 2.06 bits per heavy atom. The smallest absolute Gasteiger partial charge is 0.270 e. The van der Waals surface area contributed by atoms with Gasteiger partial charge < -0.3 is 0 Å². The zero-order valence-corrected chi connectivity index (χ0v) is 10.6. The third-order valence-corrected chi connectivity index (χ3v) is 2.70. The van der Waals surface area contributed by atoms with Crippen LogP contribution in [0.25, 0.3) is 0 Å². The molecule has 5 nitrogen and oxygen atoms in total. The summed E-state index contributed by atoms with van der Waals surface area (Å²) in [6, 6.07) is 8.84. The molecule has 1 aromatic carbocycles. The molecule has 1 aliphatic heterocycles. The second-order valence-corrected chi connectivity index (χ2v) is 4.16. The predicted molar refractivity (Wildman–Crippen MR) is 69.9 cm³/mol. The fourth-order valence-electron chi connectivity index (χ4n) is 1.79. The normalized spacial score (nSPS) is 19.7. The van der Waals surface area contributed by atoms with Crippen LogP contribution in [-0.2, 0) is 4.79 Å². The summed E-state index contributed by atoms with van der Waals surface area (Å²) in [4.78, 5) is 11.9. The van der Waals surface area contributed by atoms with Crippen LogP contribution in [0.15, 0.2) is 45.7 Å². The summed E-state index contributed by atoms with van der Waals surface area (Å²) in [6.07, 6.45) is 1.71. The molecule has 1 amide bonds. The van der Waals surface area contributed by atoms with E-state index in [1.54, 1.807) is 7.05 Å². The monoisotopic (exact) mass is 244 g/mol. The van der Waals surface area contributed by atoms with Gasteiger partial charge in [-0.1, -0.05) is 31.5 Å². The lowest BCUT2D eigenvalue weighted by Gasteiger charge is -2.04. The number of rotatable bonds is 4. The number of hydrogen-bond acceptors (Lipinski definition) is 4. The Kier molecular flexibility index (Phi) is 3.82. The number of hydrazone groups is 1. The SMILES string of the molecule is CCCC1=NN(C)C(=O)C1N=Nc1ccccc1. The maximum atomic E-state index is 11.9. The molecular weight excluding hydrogens is 228 g/mol. The van der Waals surface area contributed by atoms with Gasteiger partial charge in [-0.15, -0.1) is 0 Å². The van der Waals surface area contributed by atoms with Crippen LogP contribution in [0.2, 0.25) is 0 Å². The lowest BCUT2D eigenvalue weighted by atomic mass is 10.1. The Bertz CT molecular complexity index is 481. The molecule has 1 unspecified atom stereocenters. The molecule has 0 bridgehead atoms. The number of likely N-dealkylation sites (N-methyl/N-ethyl adjacent to an activating group) is 1. The van der Waals surface area contributed by atoms with Crippen molar-refractivity contribution in [3.63, 3.8) is 0 Å². The van der Waals surface area contributed by atoms with E-state index in [1.807, 2.05) is 30.3 Å². The molecule has 2 rings (SSSR count). The number of hydrogen-bond donors (Lipinski definition) is 0. The van der Waals surface area contributed by atoms with Gasteiger partial charge in [0.2, 0.25) is 0 Å². The van der Waals surface area contributed by atoms with Crippen LogP contribution in [0, 0.1) is 0 Å². The average molecular weight is 244 g/mol. The van der Waals surface area contributed by atoms with Crippen molar-refractivity contribution in [3.8, 4) is 0 Å². The predicted octanol–water partition coefficient (Wildman–Crippen LogP) is 2.77. The molecule has 0 aromatic heterocycles. The number of nitrogens with zero attached hydrogens (tertiary/aromatic N) is 4. The van der Waals surface area contributed by atoms with E-state index in [9.17, 15) is 4.79 Å². The van der Waals surface area contributed by atoms with Gasteiger partial charge in [-0.2, -0.15) is 15.3 Å². The van der Waals surface area contributed by atoms with Gasteiger partial charge >= 0.3 is 0 Å². The van der Waals surface area contributed by atoms with Crippen LogP contribution in [0.3, 0.4) is 0 Å². The third-order valence-electron chi connectivity index (χ3n) is 2.70. The van der Waals surface area contributed by atoms with Crippen LogP contribution in [-0.4, -0.2) is 29.7 Å². The number of carbonyl (C=O) groups is 1. The van der Waals surface area contributed by atoms with Crippen molar-refractivity contribution >= 4 is 17.3 Å². The molecule has 5 heteroatoms. The lowest BCUT2D eigenvalue weighted by molar-refractivity contribution is -0.128. The van der Waals surface area contributed by atoms with Crippen LogP contribution in [0.1, 0.15) is 19.8 Å². The van der Waals surface area contributed by atoms with Gasteiger partial charge in [0.1, 0.15) is 0 Å². The van der Waals surface area contributed by atoms with Crippen molar-refractivity contribution < 1.29 is 4.79 Å². The summed E-state index contributed by atoms with van der Waals surface area (Å²) in [6.45, 7) is 2.05. The van der Waals surface area contributed by atoms with E-state index in [0.717, 1.165) is 24.2 Å². The van der Waals surface area contributed by atoms with Crippen molar-refractivity contribution in [3.05, 3.63) is 30.3 Å². The summed E-state index contributed by atoms with van der Waals surface area (Å²) in [7, 11) is 1.65. The Morgan fingerprint density at radius 3 is 2.72 bits per heavy atom. The second-order valence-electron chi connectivity index (χ2n) is 4.16. The van der Waals surface area contributed by atoms with Crippen molar-refractivity contribution in [2.75, 3.05) is 7.05 Å². The van der Waals surface area contributed by atoms with Gasteiger partial charge in [0.25, 0.3) is 5.91 Å². The standard InChI is InChI=1S/C13H16N4O/c1-3-7-11-12(13(18)17(2)16-11)15-14-10-8-5-4-6-9-10/h4-6,8-9,12H,3,7H2,1-2H3. The molecule has 94 valence electrons. The Hall–Kier alpha value is -2.04. The molecule has 0 fully saturated rings. The molecule has 1 atom stereocenters. The first-order valence-electron chi connectivity index (χ1n) is 6.03. The highest BCUT2D eigenvalue weighted by atomic mass is 16.2. The highest BCUT2D eigenvalue weighted by molar-refractivity contribution is 6.11. The van der Waals surface area contributed by atoms with Crippen LogP contribution in [0.5, 0.6) is 0 Å². The van der Waals surface area contributed by atoms with E-state index >= 15 is 0 Å². The quantitative estimate of drug-likeness (QED) is 0.751. The van der Waals surface area contributed by atoms with Gasteiger partial charge in [-0.05, 0) is 18.6 Å². The van der Waals surface area contributed by atoms with E-state index in [4.69, 9.17) is 0 Å². The van der Waals surface area contributed by atoms with E-state index in [2.05, 4.69) is 22.3 Å². The van der Waals surface area contributed by atoms with E-state index in [-0.39, 0.29) is 5.91 Å². The summed E-state index contributed by atoms with van der Waals surface area (Å²) in [5.74, 6) is -0.113. The average Bonchev–Trinajstić information content (AvgIpc) is 2.65. The molecule has 0 N–H and O–H groups in total. The van der Waals surface area contributed by atoms with Gasteiger partial charge in [0.15, 0.2) is 6.04 Å².